The van der Waals surface area contributed by atoms with Gasteiger partial charge in [0.1, 0.15) is 0 Å². The second-order valence-corrected chi connectivity index (χ2v) is 6.26. The molecular weight excluding hydrogens is 226 g/mol. The van der Waals surface area contributed by atoms with Crippen LogP contribution in [0.1, 0.15) is 32.1 Å². The molecule has 1 amide bonds. The Bertz CT molecular complexity index is 320. The summed E-state index contributed by atoms with van der Waals surface area (Å²) in [6.45, 7) is 3.05. The van der Waals surface area contributed by atoms with Crippen LogP contribution in [0.15, 0.2) is 0 Å². The molecule has 3 rings (SSSR count). The van der Waals surface area contributed by atoms with Crippen molar-refractivity contribution in [3.63, 3.8) is 0 Å². The summed E-state index contributed by atoms with van der Waals surface area (Å²) in [7, 11) is 2.16. The molecule has 4 unspecified atom stereocenters. The maximum absolute atomic E-state index is 12.3. The summed E-state index contributed by atoms with van der Waals surface area (Å²) in [6.07, 6.45) is 6.35. The smallest absolute Gasteiger partial charge is 0.237 e. The first-order valence-electron chi connectivity index (χ1n) is 7.47. The molecule has 2 aliphatic heterocycles. The number of rotatable bonds is 3. The number of nitrogens with zero attached hydrogens (tertiary/aromatic N) is 1. The molecule has 1 aliphatic carbocycles. The summed E-state index contributed by atoms with van der Waals surface area (Å²) >= 11 is 0. The molecule has 0 aromatic carbocycles. The van der Waals surface area contributed by atoms with E-state index in [0.717, 1.165) is 19.0 Å². The zero-order valence-electron chi connectivity index (χ0n) is 11.3. The molecule has 18 heavy (non-hydrogen) atoms. The summed E-state index contributed by atoms with van der Waals surface area (Å²) in [5.74, 6) is 1.60. The zero-order valence-corrected chi connectivity index (χ0v) is 11.3. The molecule has 0 aromatic heterocycles. The highest BCUT2D eigenvalue weighted by atomic mass is 16.2. The van der Waals surface area contributed by atoms with Gasteiger partial charge in [0, 0.05) is 12.6 Å². The summed E-state index contributed by atoms with van der Waals surface area (Å²) in [4.78, 5) is 14.6. The molecule has 1 saturated carbocycles. The average molecular weight is 251 g/mol. The van der Waals surface area contributed by atoms with Crippen LogP contribution >= 0.6 is 0 Å². The van der Waals surface area contributed by atoms with E-state index in [1.165, 1.54) is 38.6 Å². The Morgan fingerprint density at radius 2 is 2.22 bits per heavy atom. The largest absolute Gasteiger partial charge is 0.353 e. The van der Waals surface area contributed by atoms with Crippen molar-refractivity contribution in [2.24, 2.45) is 11.8 Å². The molecule has 4 atom stereocenters. The van der Waals surface area contributed by atoms with E-state index in [1.54, 1.807) is 0 Å². The standard InChI is InChI=1S/C14H25N3O/c1-17-7-3-5-11(17)9-16-14(18)13-12-6-2-4-10(12)8-15-13/h10-13,15H,2-9H2,1H3,(H,16,18). The Morgan fingerprint density at radius 3 is 3.00 bits per heavy atom. The van der Waals surface area contributed by atoms with Crippen molar-refractivity contribution in [3.05, 3.63) is 0 Å². The van der Waals surface area contributed by atoms with E-state index >= 15 is 0 Å². The molecule has 2 heterocycles. The molecule has 2 saturated heterocycles. The van der Waals surface area contributed by atoms with Crippen LogP contribution in [0.3, 0.4) is 0 Å². The van der Waals surface area contributed by atoms with E-state index in [4.69, 9.17) is 0 Å². The SMILES string of the molecule is CN1CCCC1CNC(=O)C1NCC2CCCC21. The van der Waals surface area contributed by atoms with Crippen molar-refractivity contribution < 1.29 is 4.79 Å². The van der Waals surface area contributed by atoms with Crippen LogP contribution < -0.4 is 10.6 Å². The highest BCUT2D eigenvalue weighted by Gasteiger charge is 2.42. The maximum Gasteiger partial charge on any atom is 0.237 e. The van der Waals surface area contributed by atoms with Gasteiger partial charge in [-0.25, -0.2) is 0 Å². The molecule has 0 spiro atoms. The van der Waals surface area contributed by atoms with Crippen molar-refractivity contribution in [1.82, 2.24) is 15.5 Å². The molecule has 4 nitrogen and oxygen atoms in total. The van der Waals surface area contributed by atoms with Gasteiger partial charge in [0.2, 0.25) is 5.91 Å². The number of likely N-dealkylation sites (tertiary alicyclic amines) is 1. The third-order valence-corrected chi connectivity index (χ3v) is 5.21. The van der Waals surface area contributed by atoms with Gasteiger partial charge < -0.3 is 15.5 Å². The minimum Gasteiger partial charge on any atom is -0.353 e. The van der Waals surface area contributed by atoms with Crippen LogP contribution in [0.2, 0.25) is 0 Å². The second kappa shape index (κ2) is 5.17. The molecule has 0 radical (unpaired) electrons. The first-order valence-corrected chi connectivity index (χ1v) is 7.47. The molecule has 3 aliphatic rings. The number of carbonyl (C=O) groups excluding carboxylic acids is 1. The highest BCUT2D eigenvalue weighted by molar-refractivity contribution is 5.82. The number of fused-ring (bicyclic) bond motifs is 1. The van der Waals surface area contributed by atoms with E-state index in [0.29, 0.717) is 12.0 Å². The summed E-state index contributed by atoms with van der Waals surface area (Å²) in [6, 6.07) is 0.638. The van der Waals surface area contributed by atoms with Crippen molar-refractivity contribution in [2.75, 3.05) is 26.7 Å². The Kier molecular flexibility index (Phi) is 3.57. The second-order valence-electron chi connectivity index (χ2n) is 6.26. The van der Waals surface area contributed by atoms with Gasteiger partial charge >= 0.3 is 0 Å². The predicted molar refractivity (Wildman–Crippen MR) is 71.3 cm³/mol. The Morgan fingerprint density at radius 1 is 1.33 bits per heavy atom. The molecule has 0 aromatic rings. The fourth-order valence-corrected chi connectivity index (χ4v) is 4.04. The number of amides is 1. The number of carbonyl (C=O) groups is 1. The van der Waals surface area contributed by atoms with Gasteiger partial charge in [0.05, 0.1) is 6.04 Å². The third-order valence-electron chi connectivity index (χ3n) is 5.21. The van der Waals surface area contributed by atoms with E-state index in [1.807, 2.05) is 0 Å². The summed E-state index contributed by atoms with van der Waals surface area (Å²) < 4.78 is 0. The third kappa shape index (κ3) is 2.28. The summed E-state index contributed by atoms with van der Waals surface area (Å²) in [5, 5.41) is 6.59. The Labute approximate surface area is 109 Å². The lowest BCUT2D eigenvalue weighted by Gasteiger charge is -2.22. The topological polar surface area (TPSA) is 44.4 Å². The monoisotopic (exact) mass is 251 g/mol. The minimum atomic E-state index is 0.0872. The van der Waals surface area contributed by atoms with Gasteiger partial charge in [0.15, 0.2) is 0 Å². The van der Waals surface area contributed by atoms with Gasteiger partial charge in [-0.1, -0.05) is 6.42 Å². The number of likely N-dealkylation sites (N-methyl/N-ethyl adjacent to an activating group) is 1. The quantitative estimate of drug-likeness (QED) is 0.771. The van der Waals surface area contributed by atoms with E-state index in [2.05, 4.69) is 22.6 Å². The first-order chi connectivity index (χ1) is 8.75. The van der Waals surface area contributed by atoms with Crippen molar-refractivity contribution >= 4 is 5.91 Å². The van der Waals surface area contributed by atoms with Gasteiger partial charge in [-0.15, -0.1) is 0 Å². The molecule has 2 N–H and O–H groups in total. The Hall–Kier alpha value is -0.610. The molecule has 4 heteroatoms. The van der Waals surface area contributed by atoms with Crippen molar-refractivity contribution in [3.8, 4) is 0 Å². The highest BCUT2D eigenvalue weighted by Crippen LogP contribution is 2.37. The fourth-order valence-electron chi connectivity index (χ4n) is 4.04. The lowest BCUT2D eigenvalue weighted by Crippen LogP contribution is -2.47. The number of hydrogen-bond donors (Lipinski definition) is 2. The maximum atomic E-state index is 12.3. The van der Waals surface area contributed by atoms with Gasteiger partial charge in [-0.3, -0.25) is 4.79 Å². The number of hydrogen-bond acceptors (Lipinski definition) is 3. The Balaban J connectivity index is 1.49. The number of nitrogens with one attached hydrogen (secondary N) is 2. The molecular formula is C14H25N3O. The van der Waals surface area contributed by atoms with Crippen LogP contribution in [-0.2, 0) is 4.79 Å². The molecule has 0 bridgehead atoms. The van der Waals surface area contributed by atoms with Gasteiger partial charge in [-0.05, 0) is 57.7 Å². The van der Waals surface area contributed by atoms with Crippen molar-refractivity contribution in [2.45, 2.75) is 44.2 Å². The minimum absolute atomic E-state index is 0.0872. The van der Waals surface area contributed by atoms with Crippen LogP contribution in [0.4, 0.5) is 0 Å². The summed E-state index contributed by atoms with van der Waals surface area (Å²) in [5.41, 5.74) is 0. The van der Waals surface area contributed by atoms with Gasteiger partial charge in [0.25, 0.3) is 0 Å². The van der Waals surface area contributed by atoms with Gasteiger partial charge in [-0.2, -0.15) is 0 Å². The van der Waals surface area contributed by atoms with Crippen molar-refractivity contribution in [1.29, 1.82) is 0 Å². The van der Waals surface area contributed by atoms with Crippen LogP contribution in [0.5, 0.6) is 0 Å². The zero-order chi connectivity index (χ0) is 12.5. The molecule has 102 valence electrons. The first kappa shape index (κ1) is 12.4. The van der Waals surface area contributed by atoms with Crippen LogP contribution in [0, 0.1) is 11.8 Å². The predicted octanol–water partition coefficient (Wildman–Crippen LogP) is 0.585. The lowest BCUT2D eigenvalue weighted by atomic mass is 9.93. The van der Waals surface area contributed by atoms with Crippen LogP contribution in [-0.4, -0.2) is 49.6 Å². The van der Waals surface area contributed by atoms with E-state index in [9.17, 15) is 4.79 Å². The lowest BCUT2D eigenvalue weighted by molar-refractivity contribution is -0.124. The normalized spacial score (nSPS) is 40.1. The van der Waals surface area contributed by atoms with E-state index in [-0.39, 0.29) is 11.9 Å². The van der Waals surface area contributed by atoms with E-state index < -0.39 is 0 Å². The average Bonchev–Trinajstić information content (AvgIpc) is 3.01. The molecule has 3 fully saturated rings. The fraction of sp³-hybridized carbons (Fsp3) is 0.929. The van der Waals surface area contributed by atoms with Crippen LogP contribution in [0.25, 0.3) is 0 Å².